The second-order valence-electron chi connectivity index (χ2n) is 2.82. The van der Waals surface area contributed by atoms with Gasteiger partial charge in [0.05, 0.1) is 4.91 Å². The Balaban J connectivity index is 4.52. The van der Waals surface area contributed by atoms with E-state index >= 15 is 0 Å². The molecule has 0 aromatic rings. The van der Waals surface area contributed by atoms with Gasteiger partial charge in [-0.15, -0.1) is 0 Å². The van der Waals surface area contributed by atoms with Gasteiger partial charge >= 0.3 is 0 Å². The molecule has 0 aliphatic heterocycles. The molecule has 0 heterocycles. The van der Waals surface area contributed by atoms with Gasteiger partial charge in [-0.3, -0.25) is 11.3 Å². The molecule has 0 bridgehead atoms. The van der Waals surface area contributed by atoms with Crippen LogP contribution in [0.4, 0.5) is 0 Å². The fourth-order valence-corrected chi connectivity index (χ4v) is 1.01. The molecule has 14 heavy (non-hydrogen) atoms. The van der Waals surface area contributed by atoms with Crippen molar-refractivity contribution < 1.29 is 8.42 Å². The summed E-state index contributed by atoms with van der Waals surface area (Å²) >= 11 is 0. The van der Waals surface area contributed by atoms with Crippen LogP contribution in [0.15, 0.2) is 35.3 Å². The minimum atomic E-state index is -3.18. The van der Waals surface area contributed by atoms with E-state index in [1.54, 1.807) is 6.08 Å². The summed E-state index contributed by atoms with van der Waals surface area (Å²) in [7, 11) is -3.18. The van der Waals surface area contributed by atoms with Gasteiger partial charge in [0, 0.05) is 12.8 Å². The maximum absolute atomic E-state index is 11.0. The minimum Gasteiger partial charge on any atom is -0.271 e. The van der Waals surface area contributed by atoms with E-state index in [4.69, 9.17) is 5.84 Å². The van der Waals surface area contributed by atoms with E-state index in [-0.39, 0.29) is 4.91 Å². The number of nitrogens with two attached hydrogens (primary N) is 1. The van der Waals surface area contributed by atoms with Gasteiger partial charge in [0.15, 0.2) is 9.84 Å². The summed E-state index contributed by atoms with van der Waals surface area (Å²) in [6.07, 6.45) is 6.09. The molecule has 0 aliphatic carbocycles. The molecule has 0 aromatic heterocycles. The molecule has 0 saturated carbocycles. The summed E-state index contributed by atoms with van der Waals surface area (Å²) in [5, 5.41) is 0. The van der Waals surface area contributed by atoms with Crippen LogP contribution in [0.2, 0.25) is 0 Å². The number of hydrazine groups is 1. The molecular weight excluding hydrogens is 200 g/mol. The summed E-state index contributed by atoms with van der Waals surface area (Å²) in [4.78, 5) is 0.0915. The van der Waals surface area contributed by atoms with Crippen molar-refractivity contribution in [1.29, 1.82) is 0 Å². The summed E-state index contributed by atoms with van der Waals surface area (Å²) in [5.74, 6) is 5.13. The lowest BCUT2D eigenvalue weighted by atomic mass is 10.2. The zero-order valence-electron chi connectivity index (χ0n) is 8.45. The van der Waals surface area contributed by atoms with Gasteiger partial charge in [0.2, 0.25) is 0 Å². The minimum absolute atomic E-state index is 0.0915. The molecule has 5 heteroatoms. The highest BCUT2D eigenvalue weighted by Crippen LogP contribution is 2.05. The van der Waals surface area contributed by atoms with E-state index < -0.39 is 9.84 Å². The highest BCUT2D eigenvalue weighted by atomic mass is 32.2. The Labute approximate surface area is 85.1 Å². The van der Waals surface area contributed by atoms with Crippen LogP contribution in [-0.2, 0) is 9.84 Å². The predicted octanol–water partition coefficient (Wildman–Crippen LogP) is 0.511. The van der Waals surface area contributed by atoms with Gasteiger partial charge in [-0.25, -0.2) is 8.42 Å². The first kappa shape index (κ1) is 13.1. The van der Waals surface area contributed by atoms with E-state index in [1.165, 1.54) is 6.08 Å². The summed E-state index contributed by atoms with van der Waals surface area (Å²) in [6.45, 7) is 5.78. The zero-order valence-corrected chi connectivity index (χ0v) is 9.26. The summed E-state index contributed by atoms with van der Waals surface area (Å²) in [5.41, 5.74) is 3.38. The number of nitrogens with one attached hydrogen (secondary N) is 1. The number of hydrogen-bond acceptors (Lipinski definition) is 4. The molecule has 0 fully saturated rings. The topological polar surface area (TPSA) is 72.2 Å². The molecule has 0 atom stereocenters. The molecule has 0 aromatic carbocycles. The SMILES string of the molecule is C=C(/C=C\C(=C/C)CNN)S(C)(=O)=O. The van der Waals surface area contributed by atoms with E-state index in [1.807, 2.05) is 13.0 Å². The highest BCUT2D eigenvalue weighted by molar-refractivity contribution is 7.94. The number of hydrogen-bond donors (Lipinski definition) is 2. The lowest BCUT2D eigenvalue weighted by Crippen LogP contribution is -2.23. The number of rotatable bonds is 5. The van der Waals surface area contributed by atoms with Gasteiger partial charge in [0.1, 0.15) is 0 Å². The highest BCUT2D eigenvalue weighted by Gasteiger charge is 2.03. The first-order chi connectivity index (χ1) is 6.41. The Hall–Kier alpha value is -0.910. The van der Waals surface area contributed by atoms with E-state index in [0.717, 1.165) is 11.8 Å². The Bertz CT molecular complexity index is 353. The number of allylic oxidation sites excluding steroid dienone is 2. The quantitative estimate of drug-likeness (QED) is 0.399. The molecule has 80 valence electrons. The van der Waals surface area contributed by atoms with Crippen molar-refractivity contribution in [2.24, 2.45) is 5.84 Å². The average molecular weight is 216 g/mol. The van der Waals surface area contributed by atoms with Crippen LogP contribution in [0, 0.1) is 0 Å². The second-order valence-corrected chi connectivity index (χ2v) is 4.89. The fraction of sp³-hybridized carbons (Fsp3) is 0.333. The van der Waals surface area contributed by atoms with Crippen LogP contribution in [0.5, 0.6) is 0 Å². The molecule has 4 nitrogen and oxygen atoms in total. The van der Waals surface area contributed by atoms with Crippen LogP contribution < -0.4 is 11.3 Å². The average Bonchev–Trinajstić information content (AvgIpc) is 2.10. The maximum atomic E-state index is 11.0. The largest absolute Gasteiger partial charge is 0.271 e. The monoisotopic (exact) mass is 216 g/mol. The third kappa shape index (κ3) is 4.96. The molecule has 0 saturated heterocycles. The molecule has 0 unspecified atom stereocenters. The van der Waals surface area contributed by atoms with Crippen LogP contribution in [0.1, 0.15) is 6.92 Å². The van der Waals surface area contributed by atoms with Crippen molar-refractivity contribution >= 4 is 9.84 Å². The van der Waals surface area contributed by atoms with Gasteiger partial charge in [-0.2, -0.15) is 0 Å². The van der Waals surface area contributed by atoms with E-state index in [9.17, 15) is 8.42 Å². The summed E-state index contributed by atoms with van der Waals surface area (Å²) < 4.78 is 22.0. The summed E-state index contributed by atoms with van der Waals surface area (Å²) in [6, 6.07) is 0. The molecular formula is C9H16N2O2S. The molecule has 0 rings (SSSR count). The first-order valence-corrected chi connectivity index (χ1v) is 5.96. The van der Waals surface area contributed by atoms with Crippen molar-refractivity contribution in [3.8, 4) is 0 Å². The zero-order chi connectivity index (χ0) is 11.2. The molecule has 0 radical (unpaired) electrons. The maximum Gasteiger partial charge on any atom is 0.174 e. The van der Waals surface area contributed by atoms with Gasteiger partial charge in [0.25, 0.3) is 0 Å². The van der Waals surface area contributed by atoms with Crippen molar-refractivity contribution in [3.63, 3.8) is 0 Å². The lowest BCUT2D eigenvalue weighted by Gasteiger charge is -1.99. The van der Waals surface area contributed by atoms with Crippen LogP contribution in [0.3, 0.4) is 0 Å². The van der Waals surface area contributed by atoms with Gasteiger partial charge < -0.3 is 0 Å². The second kappa shape index (κ2) is 5.74. The van der Waals surface area contributed by atoms with Crippen LogP contribution in [-0.4, -0.2) is 21.2 Å². The van der Waals surface area contributed by atoms with Crippen molar-refractivity contribution in [2.45, 2.75) is 6.92 Å². The Kier molecular flexibility index (Phi) is 5.37. The first-order valence-electron chi connectivity index (χ1n) is 4.07. The fourth-order valence-electron chi connectivity index (χ4n) is 0.699. The predicted molar refractivity (Wildman–Crippen MR) is 59.1 cm³/mol. The standard InChI is InChI=1S/C9H16N2O2S/c1-4-9(7-11-10)6-5-8(2)14(3,12)13/h4-6,11H,2,7,10H2,1,3H3/b6-5-,9-4+. The Morgan fingerprint density at radius 3 is 2.43 bits per heavy atom. The van der Waals surface area contributed by atoms with Crippen molar-refractivity contribution in [3.05, 3.63) is 35.3 Å². The Morgan fingerprint density at radius 2 is 2.07 bits per heavy atom. The van der Waals surface area contributed by atoms with Crippen molar-refractivity contribution in [2.75, 3.05) is 12.8 Å². The van der Waals surface area contributed by atoms with Crippen LogP contribution in [0.25, 0.3) is 0 Å². The third-order valence-electron chi connectivity index (χ3n) is 1.64. The van der Waals surface area contributed by atoms with Gasteiger partial charge in [-0.05, 0) is 18.6 Å². The normalized spacial score (nSPS) is 13.5. The third-order valence-corrected chi connectivity index (χ3v) is 2.73. The van der Waals surface area contributed by atoms with Gasteiger partial charge in [-0.1, -0.05) is 18.7 Å². The molecule has 3 N–H and O–H groups in total. The number of sulfone groups is 1. The van der Waals surface area contributed by atoms with E-state index in [2.05, 4.69) is 12.0 Å². The Morgan fingerprint density at radius 1 is 1.50 bits per heavy atom. The van der Waals surface area contributed by atoms with Crippen LogP contribution >= 0.6 is 0 Å². The molecule has 0 aliphatic rings. The molecule has 0 amide bonds. The lowest BCUT2D eigenvalue weighted by molar-refractivity contribution is 0.608. The smallest absolute Gasteiger partial charge is 0.174 e. The van der Waals surface area contributed by atoms with E-state index in [0.29, 0.717) is 6.54 Å². The van der Waals surface area contributed by atoms with Crippen molar-refractivity contribution in [1.82, 2.24) is 5.43 Å². The molecule has 0 spiro atoms.